The van der Waals surface area contributed by atoms with E-state index in [4.69, 9.17) is 5.11 Å². The molecule has 2 aromatic rings. The maximum Gasteiger partial charge on any atom is 0.202 e. The van der Waals surface area contributed by atoms with Crippen molar-refractivity contribution in [2.45, 2.75) is 0 Å². The lowest BCUT2D eigenvalue weighted by Crippen LogP contribution is -1.90. The van der Waals surface area contributed by atoms with Crippen molar-refractivity contribution < 1.29 is 15.3 Å². The van der Waals surface area contributed by atoms with Crippen molar-refractivity contribution in [3.05, 3.63) is 42.5 Å². The van der Waals surface area contributed by atoms with E-state index in [1.54, 1.807) is 0 Å². The largest absolute Gasteiger partial charge is 0.504 e. The number of benzene rings is 2. The first kappa shape index (κ1) is 10.2. The summed E-state index contributed by atoms with van der Waals surface area (Å²) >= 11 is 0. The molecule has 0 saturated carbocycles. The third-order valence-corrected chi connectivity index (χ3v) is 2.18. The molecule has 4 N–H and O–H groups in total. The second kappa shape index (κ2) is 4.02. The van der Waals surface area contributed by atoms with Crippen molar-refractivity contribution >= 4 is 11.4 Å². The van der Waals surface area contributed by atoms with Crippen molar-refractivity contribution in [1.29, 1.82) is 0 Å². The maximum atomic E-state index is 9.57. The lowest BCUT2D eigenvalue weighted by atomic mass is 10.2. The highest BCUT2D eigenvalue weighted by Gasteiger charge is 2.10. The normalized spacial score (nSPS) is 10.0. The average molecular weight is 217 g/mol. The molecule has 0 fully saturated rings. The number of rotatable bonds is 2. The Morgan fingerprint density at radius 2 is 1.44 bits per heavy atom. The van der Waals surface area contributed by atoms with Gasteiger partial charge < -0.3 is 20.6 Å². The number of phenols is 3. The zero-order valence-corrected chi connectivity index (χ0v) is 8.38. The van der Waals surface area contributed by atoms with Crippen LogP contribution in [0.2, 0.25) is 0 Å². The summed E-state index contributed by atoms with van der Waals surface area (Å²) in [6.07, 6.45) is 0. The SMILES string of the molecule is Oc1ccc(Nc2ccccc2)c(O)c1O. The van der Waals surface area contributed by atoms with Crippen LogP contribution in [-0.2, 0) is 0 Å². The summed E-state index contributed by atoms with van der Waals surface area (Å²) in [5.74, 6) is -1.25. The van der Waals surface area contributed by atoms with Crippen LogP contribution in [0.25, 0.3) is 0 Å². The number of hydrogen-bond acceptors (Lipinski definition) is 4. The molecule has 0 unspecified atom stereocenters. The zero-order valence-electron chi connectivity index (χ0n) is 8.38. The lowest BCUT2D eigenvalue weighted by molar-refractivity contribution is 0.369. The number of anilines is 2. The average Bonchev–Trinajstić information content (AvgIpc) is 2.31. The molecule has 16 heavy (non-hydrogen) atoms. The van der Waals surface area contributed by atoms with E-state index in [2.05, 4.69) is 5.32 Å². The molecular weight excluding hydrogens is 206 g/mol. The van der Waals surface area contributed by atoms with Gasteiger partial charge in [0.15, 0.2) is 11.5 Å². The number of para-hydroxylation sites is 1. The van der Waals surface area contributed by atoms with E-state index in [1.807, 2.05) is 30.3 Å². The Bertz CT molecular complexity index is 497. The van der Waals surface area contributed by atoms with Crippen LogP contribution in [0.5, 0.6) is 17.2 Å². The molecule has 0 radical (unpaired) electrons. The zero-order chi connectivity index (χ0) is 11.5. The van der Waals surface area contributed by atoms with Crippen molar-refractivity contribution in [2.75, 3.05) is 5.32 Å². The fraction of sp³-hybridized carbons (Fsp3) is 0. The molecule has 0 spiro atoms. The molecule has 0 aliphatic heterocycles. The first-order valence-electron chi connectivity index (χ1n) is 4.74. The van der Waals surface area contributed by atoms with Crippen molar-refractivity contribution in [3.8, 4) is 17.2 Å². The molecule has 0 atom stereocenters. The predicted octanol–water partition coefficient (Wildman–Crippen LogP) is 2.55. The van der Waals surface area contributed by atoms with E-state index in [0.29, 0.717) is 5.69 Å². The van der Waals surface area contributed by atoms with Crippen LogP contribution in [0, 0.1) is 0 Å². The van der Waals surface area contributed by atoms with E-state index in [-0.39, 0.29) is 11.5 Å². The standard InChI is InChI=1S/C12H11NO3/c14-10-7-6-9(11(15)12(10)16)13-8-4-2-1-3-5-8/h1-7,13-16H. The topological polar surface area (TPSA) is 72.7 Å². The highest BCUT2D eigenvalue weighted by atomic mass is 16.3. The van der Waals surface area contributed by atoms with Crippen LogP contribution in [0.4, 0.5) is 11.4 Å². The molecule has 2 aromatic carbocycles. The highest BCUT2D eigenvalue weighted by molar-refractivity contribution is 5.71. The molecule has 0 aromatic heterocycles. The molecule has 0 bridgehead atoms. The van der Waals surface area contributed by atoms with Gasteiger partial charge in [-0.3, -0.25) is 0 Å². The Kier molecular flexibility index (Phi) is 2.55. The fourth-order valence-electron chi connectivity index (χ4n) is 1.35. The molecule has 82 valence electrons. The Hall–Kier alpha value is -2.36. The second-order valence-corrected chi connectivity index (χ2v) is 3.32. The fourth-order valence-corrected chi connectivity index (χ4v) is 1.35. The van der Waals surface area contributed by atoms with Crippen LogP contribution in [0.3, 0.4) is 0 Å². The summed E-state index contributed by atoms with van der Waals surface area (Å²) in [7, 11) is 0. The summed E-state index contributed by atoms with van der Waals surface area (Å²) < 4.78 is 0. The molecule has 0 heterocycles. The molecule has 0 amide bonds. The summed E-state index contributed by atoms with van der Waals surface area (Å²) in [6, 6.07) is 12.0. The monoisotopic (exact) mass is 217 g/mol. The summed E-state index contributed by atoms with van der Waals surface area (Å²) in [6.45, 7) is 0. The first-order valence-corrected chi connectivity index (χ1v) is 4.74. The van der Waals surface area contributed by atoms with Gasteiger partial charge in [-0.25, -0.2) is 0 Å². The summed E-state index contributed by atoms with van der Waals surface area (Å²) in [5.41, 5.74) is 1.12. The molecule has 0 saturated heterocycles. The van der Waals surface area contributed by atoms with Gasteiger partial charge in [0.05, 0.1) is 5.69 Å². The lowest BCUT2D eigenvalue weighted by Gasteiger charge is -2.09. The van der Waals surface area contributed by atoms with E-state index in [9.17, 15) is 10.2 Å². The van der Waals surface area contributed by atoms with Crippen LogP contribution >= 0.6 is 0 Å². The van der Waals surface area contributed by atoms with Crippen LogP contribution in [0.15, 0.2) is 42.5 Å². The van der Waals surface area contributed by atoms with Crippen LogP contribution in [0.1, 0.15) is 0 Å². The van der Waals surface area contributed by atoms with E-state index >= 15 is 0 Å². The van der Waals surface area contributed by atoms with Gasteiger partial charge in [-0.15, -0.1) is 0 Å². The molecule has 0 aliphatic rings. The third kappa shape index (κ3) is 1.86. The molecule has 2 rings (SSSR count). The minimum Gasteiger partial charge on any atom is -0.504 e. The smallest absolute Gasteiger partial charge is 0.202 e. The van der Waals surface area contributed by atoms with Crippen LogP contribution < -0.4 is 5.32 Å². The molecule has 4 nitrogen and oxygen atoms in total. The number of hydrogen-bond donors (Lipinski definition) is 4. The van der Waals surface area contributed by atoms with Gasteiger partial charge in [0.25, 0.3) is 0 Å². The number of aromatic hydroxyl groups is 3. The van der Waals surface area contributed by atoms with E-state index in [0.717, 1.165) is 5.69 Å². The second-order valence-electron chi connectivity index (χ2n) is 3.32. The molecule has 0 aliphatic carbocycles. The van der Waals surface area contributed by atoms with Crippen molar-refractivity contribution in [3.63, 3.8) is 0 Å². The van der Waals surface area contributed by atoms with Gasteiger partial charge in [0.2, 0.25) is 5.75 Å². The number of nitrogens with one attached hydrogen (secondary N) is 1. The quantitative estimate of drug-likeness (QED) is 0.460. The van der Waals surface area contributed by atoms with Gasteiger partial charge in [0, 0.05) is 5.69 Å². The van der Waals surface area contributed by atoms with Crippen LogP contribution in [-0.4, -0.2) is 15.3 Å². The predicted molar refractivity (Wildman–Crippen MR) is 61.2 cm³/mol. The highest BCUT2D eigenvalue weighted by Crippen LogP contribution is 2.41. The Labute approximate surface area is 92.4 Å². The van der Waals surface area contributed by atoms with Gasteiger partial charge in [0.1, 0.15) is 0 Å². The minimum atomic E-state index is -0.527. The summed E-state index contributed by atoms with van der Waals surface area (Å²) in [5, 5.41) is 31.0. The van der Waals surface area contributed by atoms with Gasteiger partial charge in [-0.2, -0.15) is 0 Å². The first-order chi connectivity index (χ1) is 7.68. The maximum absolute atomic E-state index is 9.57. The Balaban J connectivity index is 2.33. The molecule has 4 heteroatoms. The van der Waals surface area contributed by atoms with Gasteiger partial charge >= 0.3 is 0 Å². The van der Waals surface area contributed by atoms with E-state index in [1.165, 1.54) is 12.1 Å². The number of phenolic OH excluding ortho intramolecular Hbond substituents is 3. The van der Waals surface area contributed by atoms with Crippen molar-refractivity contribution in [1.82, 2.24) is 0 Å². The minimum absolute atomic E-state index is 0.335. The Morgan fingerprint density at radius 3 is 2.12 bits per heavy atom. The third-order valence-electron chi connectivity index (χ3n) is 2.18. The van der Waals surface area contributed by atoms with E-state index < -0.39 is 5.75 Å². The summed E-state index contributed by atoms with van der Waals surface area (Å²) in [4.78, 5) is 0. The molecular formula is C12H11NO3. The van der Waals surface area contributed by atoms with Crippen molar-refractivity contribution in [2.24, 2.45) is 0 Å². The van der Waals surface area contributed by atoms with Gasteiger partial charge in [-0.1, -0.05) is 18.2 Å². The Morgan fingerprint density at radius 1 is 0.750 bits per heavy atom. The van der Waals surface area contributed by atoms with Gasteiger partial charge in [-0.05, 0) is 24.3 Å².